The van der Waals surface area contributed by atoms with E-state index in [0.29, 0.717) is 13.2 Å². The van der Waals surface area contributed by atoms with Gasteiger partial charge in [0.2, 0.25) is 5.79 Å². The molecule has 0 spiro atoms. The second kappa shape index (κ2) is 3.62. The minimum atomic E-state index is -0.560. The Labute approximate surface area is 97.5 Å². The van der Waals surface area contributed by atoms with Gasteiger partial charge >= 0.3 is 0 Å². The smallest absolute Gasteiger partial charge is 0.202 e. The number of hydrogen-bond acceptors (Lipinski definition) is 3. The molecule has 2 nitrogen and oxygen atoms in total. The monoisotopic (exact) mass is 326 g/mol. The van der Waals surface area contributed by atoms with Gasteiger partial charge < -0.3 is 9.47 Å². The van der Waals surface area contributed by atoms with Gasteiger partial charge in [-0.25, -0.2) is 0 Å². The molecule has 1 aliphatic rings. The van der Waals surface area contributed by atoms with Crippen LogP contribution >= 0.6 is 43.2 Å². The second-order valence-corrected chi connectivity index (χ2v) is 6.16. The fourth-order valence-electron chi connectivity index (χ4n) is 1.30. The number of thiophene rings is 1. The minimum Gasteiger partial charge on any atom is -0.343 e. The van der Waals surface area contributed by atoms with Crippen LogP contribution in [0.15, 0.2) is 14.3 Å². The Morgan fingerprint density at radius 2 is 2.00 bits per heavy atom. The van der Waals surface area contributed by atoms with Crippen molar-refractivity contribution in [1.82, 2.24) is 0 Å². The SMILES string of the molecule is CC1(c2sc(Br)cc2Br)OCCO1. The molecule has 0 bridgehead atoms. The molecule has 0 aliphatic carbocycles. The topological polar surface area (TPSA) is 18.5 Å². The summed E-state index contributed by atoms with van der Waals surface area (Å²) < 4.78 is 13.2. The summed E-state index contributed by atoms with van der Waals surface area (Å²) in [6.45, 7) is 3.28. The van der Waals surface area contributed by atoms with Crippen LogP contribution in [0.25, 0.3) is 0 Å². The molecule has 13 heavy (non-hydrogen) atoms. The van der Waals surface area contributed by atoms with Crippen molar-refractivity contribution in [3.63, 3.8) is 0 Å². The lowest BCUT2D eigenvalue weighted by atomic mass is 10.2. The van der Waals surface area contributed by atoms with Crippen molar-refractivity contribution in [2.45, 2.75) is 12.7 Å². The van der Waals surface area contributed by atoms with Crippen molar-refractivity contribution in [3.05, 3.63) is 19.2 Å². The van der Waals surface area contributed by atoms with Gasteiger partial charge in [0, 0.05) is 4.47 Å². The zero-order chi connectivity index (χ0) is 9.47. The summed E-state index contributed by atoms with van der Waals surface area (Å²) in [4.78, 5) is 1.08. The lowest BCUT2D eigenvalue weighted by molar-refractivity contribution is -0.147. The lowest BCUT2D eigenvalue weighted by Crippen LogP contribution is -2.21. The molecule has 0 aromatic carbocycles. The van der Waals surface area contributed by atoms with Crippen molar-refractivity contribution >= 4 is 43.2 Å². The molecule has 0 atom stereocenters. The third-order valence-electron chi connectivity index (χ3n) is 1.91. The highest BCUT2D eigenvalue weighted by atomic mass is 79.9. The lowest BCUT2D eigenvalue weighted by Gasteiger charge is -2.20. The molecule has 0 saturated carbocycles. The maximum atomic E-state index is 5.56. The highest BCUT2D eigenvalue weighted by Crippen LogP contribution is 2.42. The molecule has 0 amide bonds. The minimum absolute atomic E-state index is 0.560. The maximum Gasteiger partial charge on any atom is 0.202 e. The molecular weight excluding hydrogens is 320 g/mol. The van der Waals surface area contributed by atoms with E-state index >= 15 is 0 Å². The van der Waals surface area contributed by atoms with E-state index in [9.17, 15) is 0 Å². The van der Waals surface area contributed by atoms with Crippen molar-refractivity contribution < 1.29 is 9.47 Å². The van der Waals surface area contributed by atoms with Crippen LogP contribution in [0.2, 0.25) is 0 Å². The van der Waals surface area contributed by atoms with Crippen LogP contribution in [0, 0.1) is 0 Å². The van der Waals surface area contributed by atoms with Gasteiger partial charge in [0.15, 0.2) is 0 Å². The van der Waals surface area contributed by atoms with Gasteiger partial charge in [-0.3, -0.25) is 0 Å². The van der Waals surface area contributed by atoms with Gasteiger partial charge in [0.25, 0.3) is 0 Å². The van der Waals surface area contributed by atoms with Crippen LogP contribution in [0.1, 0.15) is 11.8 Å². The fraction of sp³-hybridized carbons (Fsp3) is 0.500. The molecule has 0 radical (unpaired) electrons. The number of ether oxygens (including phenoxy) is 2. The predicted molar refractivity (Wildman–Crippen MR) is 59.0 cm³/mol. The second-order valence-electron chi connectivity index (χ2n) is 2.87. The van der Waals surface area contributed by atoms with Gasteiger partial charge in [-0.05, 0) is 44.8 Å². The first-order valence-corrected chi connectivity index (χ1v) is 6.25. The first-order chi connectivity index (χ1) is 6.12. The highest BCUT2D eigenvalue weighted by molar-refractivity contribution is 9.11. The van der Waals surface area contributed by atoms with Gasteiger partial charge in [-0.15, -0.1) is 11.3 Å². The maximum absolute atomic E-state index is 5.56. The Balaban J connectivity index is 2.38. The molecule has 1 saturated heterocycles. The Kier molecular flexibility index (Phi) is 2.82. The average molecular weight is 328 g/mol. The van der Waals surface area contributed by atoms with Crippen LogP contribution in [0.5, 0.6) is 0 Å². The molecule has 5 heteroatoms. The summed E-state index contributed by atoms with van der Waals surface area (Å²) in [5.74, 6) is -0.560. The quantitative estimate of drug-likeness (QED) is 0.786. The molecular formula is C8H8Br2O2S. The van der Waals surface area contributed by atoms with Crippen LogP contribution in [-0.2, 0) is 15.3 Å². The normalized spacial score (nSPS) is 20.8. The van der Waals surface area contributed by atoms with E-state index in [1.807, 2.05) is 13.0 Å². The summed E-state index contributed by atoms with van der Waals surface area (Å²) in [6.07, 6.45) is 0. The Hall–Kier alpha value is 0.580. The van der Waals surface area contributed by atoms with Crippen LogP contribution in [0.3, 0.4) is 0 Å². The average Bonchev–Trinajstić information content (AvgIpc) is 2.59. The predicted octanol–water partition coefficient (Wildman–Crippen LogP) is 3.49. The summed E-state index contributed by atoms with van der Waals surface area (Å²) in [5.41, 5.74) is 0. The van der Waals surface area contributed by atoms with E-state index < -0.39 is 5.79 Å². The zero-order valence-corrected chi connectivity index (χ0v) is 11.0. The molecule has 1 fully saturated rings. The summed E-state index contributed by atoms with van der Waals surface area (Å²) in [7, 11) is 0. The number of hydrogen-bond donors (Lipinski definition) is 0. The van der Waals surface area contributed by atoms with Crippen LogP contribution in [0.4, 0.5) is 0 Å². The third kappa shape index (κ3) is 1.85. The molecule has 1 aromatic rings. The summed E-state index contributed by atoms with van der Waals surface area (Å²) >= 11 is 8.54. The molecule has 1 aliphatic heterocycles. The molecule has 2 rings (SSSR count). The third-order valence-corrected chi connectivity index (χ3v) is 4.62. The van der Waals surface area contributed by atoms with E-state index in [1.165, 1.54) is 0 Å². The Bertz CT molecular complexity index is 318. The van der Waals surface area contributed by atoms with Crippen LogP contribution in [-0.4, -0.2) is 13.2 Å². The van der Waals surface area contributed by atoms with E-state index in [-0.39, 0.29) is 0 Å². The van der Waals surface area contributed by atoms with Crippen molar-refractivity contribution in [2.75, 3.05) is 13.2 Å². The van der Waals surface area contributed by atoms with Crippen LogP contribution < -0.4 is 0 Å². The molecule has 1 aromatic heterocycles. The Morgan fingerprint density at radius 3 is 2.46 bits per heavy atom. The number of rotatable bonds is 1. The standard InChI is InChI=1S/C8H8Br2O2S/c1-8(11-2-3-12-8)7-5(9)4-6(10)13-7/h4H,2-3H2,1H3. The van der Waals surface area contributed by atoms with Crippen molar-refractivity contribution in [2.24, 2.45) is 0 Å². The highest BCUT2D eigenvalue weighted by Gasteiger charge is 2.36. The molecule has 72 valence electrons. The van der Waals surface area contributed by atoms with Gasteiger partial charge in [-0.1, -0.05) is 0 Å². The first kappa shape index (κ1) is 10.1. The molecule has 2 heterocycles. The zero-order valence-electron chi connectivity index (χ0n) is 6.97. The van der Waals surface area contributed by atoms with Crippen molar-refractivity contribution in [1.29, 1.82) is 0 Å². The fourth-order valence-corrected chi connectivity index (χ4v) is 4.13. The van der Waals surface area contributed by atoms with Crippen molar-refractivity contribution in [3.8, 4) is 0 Å². The van der Waals surface area contributed by atoms with Gasteiger partial charge in [0.1, 0.15) is 0 Å². The van der Waals surface area contributed by atoms with E-state index in [4.69, 9.17) is 9.47 Å². The Morgan fingerprint density at radius 1 is 1.38 bits per heavy atom. The first-order valence-electron chi connectivity index (χ1n) is 3.85. The van der Waals surface area contributed by atoms with E-state index in [0.717, 1.165) is 13.1 Å². The largest absolute Gasteiger partial charge is 0.343 e. The van der Waals surface area contributed by atoms with E-state index in [2.05, 4.69) is 31.9 Å². The van der Waals surface area contributed by atoms with Gasteiger partial charge in [-0.2, -0.15) is 0 Å². The molecule has 0 unspecified atom stereocenters. The summed E-state index contributed by atoms with van der Waals surface area (Å²) in [6, 6.07) is 2.01. The molecule has 0 N–H and O–H groups in total. The van der Waals surface area contributed by atoms with E-state index in [1.54, 1.807) is 11.3 Å². The summed E-state index contributed by atoms with van der Waals surface area (Å²) in [5, 5.41) is 0. The van der Waals surface area contributed by atoms with Gasteiger partial charge in [0.05, 0.1) is 21.9 Å². The number of halogens is 2.